The van der Waals surface area contributed by atoms with Crippen molar-refractivity contribution in [2.75, 3.05) is 57.2 Å². The molecule has 1 N–H and O–H groups in total. The molecule has 3 heterocycles. The molecule has 4 aromatic rings. The number of rotatable bonds is 10. The third-order valence-corrected chi connectivity index (χ3v) is 9.39. The van der Waals surface area contributed by atoms with Crippen LogP contribution in [0.3, 0.4) is 0 Å². The Morgan fingerprint density at radius 1 is 1.02 bits per heavy atom. The number of ketones is 1. The SMILES string of the molecule is C=CC(=O)Nc1cc(N2CCN(CC)CC2)ccc1Cc1ccc2sc(C(=O)c3c(Cl)c(OC)cc(OC)c3Cl)cc2n1. The number of hydrogen-bond acceptors (Lipinski definition) is 8. The number of fused-ring (bicyclic) bond motifs is 1. The second-order valence-corrected chi connectivity index (χ2v) is 11.9. The number of ether oxygens (including phenoxy) is 2. The van der Waals surface area contributed by atoms with Gasteiger partial charge >= 0.3 is 0 Å². The van der Waals surface area contributed by atoms with Gasteiger partial charge in [0.05, 0.1) is 44.9 Å². The molecule has 1 fully saturated rings. The van der Waals surface area contributed by atoms with Gasteiger partial charge in [-0.2, -0.15) is 0 Å². The number of methoxy groups -OCH3 is 2. The molecule has 1 aliphatic heterocycles. The summed E-state index contributed by atoms with van der Waals surface area (Å²) in [6.07, 6.45) is 1.75. The van der Waals surface area contributed by atoms with Crippen LogP contribution < -0.4 is 19.7 Å². The van der Waals surface area contributed by atoms with E-state index in [1.54, 1.807) is 12.1 Å². The summed E-state index contributed by atoms with van der Waals surface area (Å²) in [4.78, 5) is 35.9. The zero-order valence-electron chi connectivity index (χ0n) is 24.2. The molecule has 0 bridgehead atoms. The standard InChI is InChI=1S/C32H32Cl2N4O4S/c1-5-28(39)36-22-16-21(38-13-11-37(6-2)12-14-38)9-7-19(22)15-20-8-10-26-23(35-20)17-27(43-26)32(40)29-30(33)24(41-3)18-25(42-4)31(29)34/h5,7-10,16-18H,1,6,11-15H2,2-4H3,(H,36,39). The number of benzene rings is 2. The number of halogens is 2. The van der Waals surface area contributed by atoms with Crippen molar-refractivity contribution in [3.05, 3.63) is 86.9 Å². The molecule has 0 saturated carbocycles. The second-order valence-electron chi connectivity index (χ2n) is 10.0. The summed E-state index contributed by atoms with van der Waals surface area (Å²) in [6.45, 7) is 10.7. The van der Waals surface area contributed by atoms with Gasteiger partial charge in [-0.3, -0.25) is 14.6 Å². The van der Waals surface area contributed by atoms with Crippen molar-refractivity contribution in [1.82, 2.24) is 9.88 Å². The third-order valence-electron chi connectivity index (χ3n) is 7.55. The Balaban J connectivity index is 1.43. The number of amides is 1. The molecular weight excluding hydrogens is 607 g/mol. The van der Waals surface area contributed by atoms with Crippen LogP contribution in [0.5, 0.6) is 11.5 Å². The zero-order valence-corrected chi connectivity index (χ0v) is 26.5. The van der Waals surface area contributed by atoms with Crippen LogP contribution >= 0.6 is 34.5 Å². The number of carbonyl (C=O) groups excluding carboxylic acids is 2. The highest BCUT2D eigenvalue weighted by molar-refractivity contribution is 7.21. The van der Waals surface area contributed by atoms with Gasteiger partial charge in [0.2, 0.25) is 11.7 Å². The molecule has 224 valence electrons. The van der Waals surface area contributed by atoms with Gasteiger partial charge in [0, 0.05) is 55.7 Å². The minimum atomic E-state index is -0.346. The molecule has 0 unspecified atom stereocenters. The Labute approximate surface area is 264 Å². The maximum absolute atomic E-state index is 13.6. The minimum absolute atomic E-state index is 0.116. The Bertz CT molecular complexity index is 1670. The quantitative estimate of drug-likeness (QED) is 0.153. The molecule has 2 aromatic carbocycles. The molecule has 1 aliphatic rings. The lowest BCUT2D eigenvalue weighted by Gasteiger charge is -2.35. The Hall–Kier alpha value is -3.63. The maximum Gasteiger partial charge on any atom is 0.247 e. The molecule has 43 heavy (non-hydrogen) atoms. The van der Waals surface area contributed by atoms with E-state index in [9.17, 15) is 9.59 Å². The van der Waals surface area contributed by atoms with Gasteiger partial charge < -0.3 is 24.6 Å². The van der Waals surface area contributed by atoms with E-state index in [0.717, 1.165) is 60.1 Å². The molecule has 0 atom stereocenters. The Kier molecular flexibility index (Phi) is 9.56. The molecule has 1 amide bonds. The van der Waals surface area contributed by atoms with E-state index in [2.05, 4.69) is 34.7 Å². The van der Waals surface area contributed by atoms with Gasteiger partial charge in [0.1, 0.15) is 11.5 Å². The maximum atomic E-state index is 13.6. The average Bonchev–Trinajstić information content (AvgIpc) is 3.45. The predicted molar refractivity (Wildman–Crippen MR) is 175 cm³/mol. The largest absolute Gasteiger partial charge is 0.495 e. The molecular formula is C32H32Cl2N4O4S. The normalized spacial score (nSPS) is 13.7. The third kappa shape index (κ3) is 6.50. The van der Waals surface area contributed by atoms with E-state index in [0.29, 0.717) is 28.3 Å². The summed E-state index contributed by atoms with van der Waals surface area (Å²) < 4.78 is 11.5. The summed E-state index contributed by atoms with van der Waals surface area (Å²) in [5.74, 6) is -0.0330. The molecule has 11 heteroatoms. The lowest BCUT2D eigenvalue weighted by Crippen LogP contribution is -2.46. The first-order valence-corrected chi connectivity index (χ1v) is 15.4. The lowest BCUT2D eigenvalue weighted by molar-refractivity contribution is -0.111. The van der Waals surface area contributed by atoms with Crippen LogP contribution in [0, 0.1) is 0 Å². The van der Waals surface area contributed by atoms with Crippen LogP contribution in [-0.4, -0.2) is 68.5 Å². The fourth-order valence-corrected chi connectivity index (χ4v) is 6.74. The Morgan fingerprint density at radius 2 is 1.72 bits per heavy atom. The molecule has 0 radical (unpaired) electrons. The van der Waals surface area contributed by atoms with Crippen LogP contribution in [-0.2, 0) is 11.2 Å². The van der Waals surface area contributed by atoms with Crippen LogP contribution in [0.2, 0.25) is 10.0 Å². The Morgan fingerprint density at radius 3 is 2.35 bits per heavy atom. The van der Waals surface area contributed by atoms with E-state index in [1.165, 1.54) is 31.6 Å². The summed E-state index contributed by atoms with van der Waals surface area (Å²) in [5, 5.41) is 3.21. The van der Waals surface area contributed by atoms with Crippen molar-refractivity contribution in [1.29, 1.82) is 0 Å². The molecule has 0 aliphatic carbocycles. The van der Waals surface area contributed by atoms with Crippen LogP contribution in [0.15, 0.2) is 55.1 Å². The van der Waals surface area contributed by atoms with Crippen molar-refractivity contribution in [3.63, 3.8) is 0 Å². The van der Waals surface area contributed by atoms with Crippen molar-refractivity contribution < 1.29 is 19.1 Å². The van der Waals surface area contributed by atoms with Crippen molar-refractivity contribution in [3.8, 4) is 11.5 Å². The zero-order chi connectivity index (χ0) is 30.7. The van der Waals surface area contributed by atoms with Crippen molar-refractivity contribution >= 4 is 67.8 Å². The van der Waals surface area contributed by atoms with E-state index in [1.807, 2.05) is 24.3 Å². The average molecular weight is 640 g/mol. The first-order chi connectivity index (χ1) is 20.8. The lowest BCUT2D eigenvalue weighted by atomic mass is 10.0. The highest BCUT2D eigenvalue weighted by Gasteiger charge is 2.25. The molecule has 0 spiro atoms. The highest BCUT2D eigenvalue weighted by Crippen LogP contribution is 2.42. The highest BCUT2D eigenvalue weighted by atomic mass is 35.5. The second kappa shape index (κ2) is 13.3. The van der Waals surface area contributed by atoms with Gasteiger partial charge in [-0.25, -0.2) is 0 Å². The predicted octanol–water partition coefficient (Wildman–Crippen LogP) is 6.71. The van der Waals surface area contributed by atoms with Crippen molar-refractivity contribution in [2.24, 2.45) is 0 Å². The number of thiophene rings is 1. The monoisotopic (exact) mass is 638 g/mol. The fourth-order valence-electron chi connectivity index (χ4n) is 5.12. The van der Waals surface area contributed by atoms with Crippen LogP contribution in [0.1, 0.15) is 33.4 Å². The number of nitrogens with one attached hydrogen (secondary N) is 1. The van der Waals surface area contributed by atoms with E-state index in [-0.39, 0.29) is 27.3 Å². The van der Waals surface area contributed by atoms with E-state index in [4.69, 9.17) is 37.7 Å². The first kappa shape index (κ1) is 30.8. The van der Waals surface area contributed by atoms with Crippen LogP contribution in [0.4, 0.5) is 11.4 Å². The molecule has 5 rings (SSSR count). The van der Waals surface area contributed by atoms with Crippen molar-refractivity contribution in [2.45, 2.75) is 13.3 Å². The number of anilines is 2. The van der Waals surface area contributed by atoms with Gasteiger partial charge in [-0.15, -0.1) is 11.3 Å². The summed E-state index contributed by atoms with van der Waals surface area (Å²) >= 11 is 14.3. The van der Waals surface area contributed by atoms with Gasteiger partial charge in [0.15, 0.2) is 0 Å². The van der Waals surface area contributed by atoms with Gasteiger partial charge in [-0.05, 0) is 48.5 Å². The van der Waals surface area contributed by atoms with E-state index < -0.39 is 0 Å². The topological polar surface area (TPSA) is 84.0 Å². The number of nitrogens with zero attached hydrogens (tertiary/aromatic N) is 3. The number of carbonyl (C=O) groups is 2. The van der Waals surface area contributed by atoms with Crippen LogP contribution in [0.25, 0.3) is 10.2 Å². The number of hydrogen-bond donors (Lipinski definition) is 1. The summed E-state index contributed by atoms with van der Waals surface area (Å²) in [5.41, 5.74) is 4.29. The fraction of sp³-hybridized carbons (Fsp3) is 0.281. The molecule has 1 saturated heterocycles. The van der Waals surface area contributed by atoms with Gasteiger partial charge in [0.25, 0.3) is 0 Å². The first-order valence-electron chi connectivity index (χ1n) is 13.8. The van der Waals surface area contributed by atoms with Gasteiger partial charge in [-0.1, -0.05) is 42.8 Å². The summed E-state index contributed by atoms with van der Waals surface area (Å²) in [6, 6.07) is 13.3. The van der Waals surface area contributed by atoms with E-state index >= 15 is 0 Å². The smallest absolute Gasteiger partial charge is 0.247 e. The summed E-state index contributed by atoms with van der Waals surface area (Å²) in [7, 11) is 2.92. The molecule has 8 nitrogen and oxygen atoms in total. The number of likely N-dealkylation sites (N-methyl/N-ethyl adjacent to an activating group) is 1. The number of aromatic nitrogens is 1. The molecule has 2 aromatic heterocycles. The number of piperazine rings is 1. The minimum Gasteiger partial charge on any atom is -0.495 e. The number of pyridine rings is 1.